The van der Waals surface area contributed by atoms with Crippen molar-refractivity contribution in [3.63, 3.8) is 0 Å². The molecule has 48 valence electrons. The number of nitrogens with zero attached hydrogens (tertiary/aromatic N) is 1. The van der Waals surface area contributed by atoms with Gasteiger partial charge in [-0.25, -0.2) is 0 Å². The Bertz CT molecular complexity index is 181. The van der Waals surface area contributed by atoms with Crippen LogP contribution in [0, 0.1) is 10.1 Å². The molecule has 0 amide bonds. The maximum atomic E-state index is 10.1. The van der Waals surface area contributed by atoms with E-state index in [2.05, 4.69) is 0 Å². The molecule has 0 bridgehead atoms. The Balaban J connectivity index is 2.68. The van der Waals surface area contributed by atoms with Gasteiger partial charge in [-0.15, -0.1) is 0 Å². The fourth-order valence-corrected chi connectivity index (χ4v) is 0.742. The Labute approximate surface area is 52.8 Å². The minimum Gasteiger partial charge on any atom is -0.259 e. The van der Waals surface area contributed by atoms with Crippen molar-refractivity contribution < 1.29 is 4.92 Å². The number of nitro groups is 1. The van der Waals surface area contributed by atoms with Gasteiger partial charge in [0.15, 0.2) is 0 Å². The summed E-state index contributed by atoms with van der Waals surface area (Å²) in [6.07, 6.45) is 6.56. The molecule has 0 atom stereocenters. The lowest BCUT2D eigenvalue weighted by Gasteiger charge is -1.97. The van der Waals surface area contributed by atoms with Crippen molar-refractivity contribution >= 4 is 0 Å². The highest BCUT2D eigenvalue weighted by atomic mass is 16.6. The van der Waals surface area contributed by atoms with E-state index in [0.717, 1.165) is 6.42 Å². The maximum absolute atomic E-state index is 10.1. The third-order valence-electron chi connectivity index (χ3n) is 1.23. The van der Waals surface area contributed by atoms with Crippen molar-refractivity contribution in [3.05, 3.63) is 34.0 Å². The fraction of sp³-hybridized carbons (Fsp3) is 0.333. The van der Waals surface area contributed by atoms with E-state index >= 15 is 0 Å². The zero-order valence-corrected chi connectivity index (χ0v) is 4.91. The summed E-state index contributed by atoms with van der Waals surface area (Å²) in [7, 11) is 0. The number of rotatable bonds is 1. The SMILES string of the molecule is O=[N+]([O-])C1=CC=CC[13CH2]1. The molecule has 0 saturated heterocycles. The Morgan fingerprint density at radius 1 is 1.67 bits per heavy atom. The topological polar surface area (TPSA) is 43.1 Å². The van der Waals surface area contributed by atoms with Crippen molar-refractivity contribution in [2.45, 2.75) is 12.8 Å². The van der Waals surface area contributed by atoms with Gasteiger partial charge in [0.05, 0.1) is 4.92 Å². The molecular weight excluding hydrogens is 119 g/mol. The van der Waals surface area contributed by atoms with Crippen molar-refractivity contribution in [3.8, 4) is 0 Å². The average Bonchev–Trinajstić information content (AvgIpc) is 1.90. The summed E-state index contributed by atoms with van der Waals surface area (Å²) in [5, 5.41) is 10.1. The van der Waals surface area contributed by atoms with Gasteiger partial charge in [-0.2, -0.15) is 0 Å². The summed E-state index contributed by atoms with van der Waals surface area (Å²) in [6, 6.07) is 0. The molecule has 0 aromatic heterocycles. The van der Waals surface area contributed by atoms with Gasteiger partial charge in [0.2, 0.25) is 5.70 Å². The van der Waals surface area contributed by atoms with Gasteiger partial charge < -0.3 is 0 Å². The summed E-state index contributed by atoms with van der Waals surface area (Å²) in [5.41, 5.74) is 0.317. The van der Waals surface area contributed by atoms with E-state index in [-0.39, 0.29) is 4.92 Å². The standard InChI is InChI=1S/C6H7NO2/c8-7(9)6-4-2-1-3-5-6/h1-2,4H,3,5H2/i5+1. The predicted molar refractivity (Wildman–Crippen MR) is 33.5 cm³/mol. The van der Waals surface area contributed by atoms with Gasteiger partial charge in [-0.05, 0) is 6.42 Å². The van der Waals surface area contributed by atoms with Crippen molar-refractivity contribution in [2.24, 2.45) is 0 Å². The zero-order chi connectivity index (χ0) is 6.69. The quantitative estimate of drug-likeness (QED) is 0.303. The van der Waals surface area contributed by atoms with E-state index in [1.807, 2.05) is 6.08 Å². The van der Waals surface area contributed by atoms with E-state index in [4.69, 9.17) is 0 Å². The minimum atomic E-state index is -0.330. The second-order valence-corrected chi connectivity index (χ2v) is 1.88. The molecule has 0 N–H and O–H groups in total. The monoisotopic (exact) mass is 126 g/mol. The Morgan fingerprint density at radius 3 is 2.78 bits per heavy atom. The second kappa shape index (κ2) is 2.44. The summed E-state index contributed by atoms with van der Waals surface area (Å²) in [6.45, 7) is 0. The van der Waals surface area contributed by atoms with Crippen molar-refractivity contribution in [1.82, 2.24) is 0 Å². The predicted octanol–water partition coefficient (Wildman–Crippen LogP) is 1.50. The number of allylic oxidation sites excluding steroid dienone is 4. The van der Waals surface area contributed by atoms with Crippen LogP contribution in [0.25, 0.3) is 0 Å². The molecule has 0 radical (unpaired) electrons. The first kappa shape index (κ1) is 6.01. The third-order valence-corrected chi connectivity index (χ3v) is 1.23. The zero-order valence-electron chi connectivity index (χ0n) is 4.91. The van der Waals surface area contributed by atoms with Crippen molar-refractivity contribution in [2.75, 3.05) is 0 Å². The summed E-state index contributed by atoms with van der Waals surface area (Å²) in [5.74, 6) is 0. The first-order valence-corrected chi connectivity index (χ1v) is 2.81. The molecule has 9 heavy (non-hydrogen) atoms. The van der Waals surface area contributed by atoms with Gasteiger partial charge >= 0.3 is 0 Å². The molecule has 0 saturated carbocycles. The molecule has 0 aliphatic heterocycles. The highest BCUT2D eigenvalue weighted by Crippen LogP contribution is 2.10. The largest absolute Gasteiger partial charge is 0.259 e. The second-order valence-electron chi connectivity index (χ2n) is 1.88. The van der Waals surface area contributed by atoms with Gasteiger partial charge in [0.1, 0.15) is 0 Å². The molecule has 3 heteroatoms. The molecule has 0 spiro atoms. The Hall–Kier alpha value is -1.12. The van der Waals surface area contributed by atoms with Gasteiger partial charge in [0, 0.05) is 12.5 Å². The Kier molecular flexibility index (Phi) is 1.63. The van der Waals surface area contributed by atoms with Crippen LogP contribution in [-0.2, 0) is 0 Å². The average molecular weight is 126 g/mol. The Morgan fingerprint density at radius 2 is 2.44 bits per heavy atom. The van der Waals surface area contributed by atoms with Crippen LogP contribution in [0.2, 0.25) is 0 Å². The normalized spacial score (nSPS) is 17.1. The lowest BCUT2D eigenvalue weighted by molar-refractivity contribution is -0.428. The highest BCUT2D eigenvalue weighted by Gasteiger charge is 2.09. The van der Waals surface area contributed by atoms with Crippen LogP contribution in [-0.4, -0.2) is 4.92 Å². The lowest BCUT2D eigenvalue weighted by atomic mass is 10.3. The van der Waals surface area contributed by atoms with Gasteiger partial charge in [0.25, 0.3) is 0 Å². The highest BCUT2D eigenvalue weighted by molar-refractivity contribution is 5.11. The first-order valence-electron chi connectivity index (χ1n) is 2.81. The molecule has 1 aliphatic rings. The lowest BCUT2D eigenvalue weighted by Crippen LogP contribution is -1.99. The van der Waals surface area contributed by atoms with E-state index in [9.17, 15) is 10.1 Å². The van der Waals surface area contributed by atoms with Crippen LogP contribution in [0.15, 0.2) is 23.9 Å². The number of hydrogen-bond donors (Lipinski definition) is 0. The van der Waals surface area contributed by atoms with Crippen LogP contribution in [0.5, 0.6) is 0 Å². The fourth-order valence-electron chi connectivity index (χ4n) is 0.742. The smallest absolute Gasteiger partial charge is 0.246 e. The van der Waals surface area contributed by atoms with Crippen LogP contribution in [0.1, 0.15) is 12.8 Å². The molecular formula is C6H7NO2. The van der Waals surface area contributed by atoms with Gasteiger partial charge in [-0.1, -0.05) is 12.2 Å². The van der Waals surface area contributed by atoms with Crippen LogP contribution >= 0.6 is 0 Å². The summed E-state index contributed by atoms with van der Waals surface area (Å²) < 4.78 is 0. The molecule has 3 nitrogen and oxygen atoms in total. The summed E-state index contributed by atoms with van der Waals surface area (Å²) >= 11 is 0. The van der Waals surface area contributed by atoms with Gasteiger partial charge in [-0.3, -0.25) is 10.1 Å². The molecule has 0 heterocycles. The van der Waals surface area contributed by atoms with E-state index < -0.39 is 0 Å². The minimum absolute atomic E-state index is 0.317. The van der Waals surface area contributed by atoms with Crippen LogP contribution in [0.3, 0.4) is 0 Å². The third kappa shape index (κ3) is 1.38. The molecule has 0 fully saturated rings. The maximum Gasteiger partial charge on any atom is 0.246 e. The summed E-state index contributed by atoms with van der Waals surface area (Å²) in [4.78, 5) is 9.73. The van der Waals surface area contributed by atoms with E-state index in [1.165, 1.54) is 0 Å². The van der Waals surface area contributed by atoms with Crippen LogP contribution < -0.4 is 0 Å². The molecule has 0 aromatic rings. The molecule has 0 aromatic carbocycles. The number of hydrogen-bond acceptors (Lipinski definition) is 2. The first-order chi connectivity index (χ1) is 4.30. The van der Waals surface area contributed by atoms with E-state index in [0.29, 0.717) is 12.1 Å². The van der Waals surface area contributed by atoms with Crippen molar-refractivity contribution in [1.29, 1.82) is 0 Å². The van der Waals surface area contributed by atoms with E-state index in [1.54, 1.807) is 12.2 Å². The molecule has 1 rings (SSSR count). The molecule has 0 unspecified atom stereocenters. The van der Waals surface area contributed by atoms with Crippen LogP contribution in [0.4, 0.5) is 0 Å². The molecule has 1 aliphatic carbocycles.